The van der Waals surface area contributed by atoms with Crippen LogP contribution in [0.1, 0.15) is 16.1 Å². The minimum absolute atomic E-state index is 0.202. The van der Waals surface area contributed by atoms with E-state index in [2.05, 4.69) is 20.5 Å². The summed E-state index contributed by atoms with van der Waals surface area (Å²) in [5.41, 5.74) is 0.459. The van der Waals surface area contributed by atoms with Crippen LogP contribution >= 0.6 is 11.6 Å². The molecule has 1 amide bonds. The maximum Gasteiger partial charge on any atom is 0.275 e. The van der Waals surface area contributed by atoms with Gasteiger partial charge < -0.3 is 5.32 Å². The summed E-state index contributed by atoms with van der Waals surface area (Å²) in [6, 6.07) is 4.93. The predicted octanol–water partition coefficient (Wildman–Crippen LogP) is 1.58. The van der Waals surface area contributed by atoms with Crippen molar-refractivity contribution >= 4 is 23.3 Å². The van der Waals surface area contributed by atoms with E-state index in [4.69, 9.17) is 16.9 Å². The van der Waals surface area contributed by atoms with Crippen LogP contribution in [0.15, 0.2) is 24.5 Å². The smallest absolute Gasteiger partial charge is 0.275 e. The number of aromatic nitrogens is 3. The summed E-state index contributed by atoms with van der Waals surface area (Å²) in [5, 5.41) is 17.8. The fraction of sp³-hybridized carbons (Fsp3) is 0. The summed E-state index contributed by atoms with van der Waals surface area (Å²) in [6.07, 6.45) is 2.69. The average Bonchev–Trinajstić information content (AvgIpc) is 2.77. The molecule has 0 bridgehead atoms. The number of aromatic amines is 1. The lowest BCUT2D eigenvalue weighted by Gasteiger charge is -2.01. The highest BCUT2D eigenvalue weighted by Crippen LogP contribution is 2.11. The van der Waals surface area contributed by atoms with E-state index in [0.29, 0.717) is 5.02 Å². The number of halogens is 1. The second-order valence-corrected chi connectivity index (χ2v) is 3.52. The van der Waals surface area contributed by atoms with Crippen molar-refractivity contribution in [2.24, 2.45) is 0 Å². The van der Waals surface area contributed by atoms with Gasteiger partial charge in [-0.25, -0.2) is 4.98 Å². The van der Waals surface area contributed by atoms with Crippen molar-refractivity contribution in [1.82, 2.24) is 15.2 Å². The third kappa shape index (κ3) is 2.41. The van der Waals surface area contributed by atoms with Crippen molar-refractivity contribution < 1.29 is 4.79 Å². The number of H-pyrrole nitrogens is 1. The molecule has 6 nitrogen and oxygen atoms in total. The van der Waals surface area contributed by atoms with E-state index in [1.54, 1.807) is 6.07 Å². The number of nitrogens with zero attached hydrogens (tertiary/aromatic N) is 3. The first-order valence-corrected chi connectivity index (χ1v) is 4.95. The lowest BCUT2D eigenvalue weighted by atomic mass is 10.3. The number of rotatable bonds is 2. The molecule has 0 aromatic carbocycles. The lowest BCUT2D eigenvalue weighted by Crippen LogP contribution is -2.14. The first-order chi connectivity index (χ1) is 8.20. The number of anilines is 1. The Morgan fingerprint density at radius 1 is 1.47 bits per heavy atom. The van der Waals surface area contributed by atoms with Crippen LogP contribution in [0, 0.1) is 11.3 Å². The van der Waals surface area contributed by atoms with E-state index >= 15 is 0 Å². The molecule has 17 heavy (non-hydrogen) atoms. The van der Waals surface area contributed by atoms with Gasteiger partial charge in [0.15, 0.2) is 0 Å². The van der Waals surface area contributed by atoms with Crippen molar-refractivity contribution in [1.29, 1.82) is 5.26 Å². The SMILES string of the molecule is N#Cc1cn[nH]c1NC(=O)c1ccc(Cl)cn1. The molecule has 0 saturated carbocycles. The van der Waals surface area contributed by atoms with E-state index in [-0.39, 0.29) is 17.1 Å². The van der Waals surface area contributed by atoms with Crippen molar-refractivity contribution in [3.63, 3.8) is 0 Å². The second-order valence-electron chi connectivity index (χ2n) is 3.09. The molecule has 0 unspecified atom stereocenters. The average molecular weight is 248 g/mol. The zero-order chi connectivity index (χ0) is 12.3. The number of hydrogen-bond donors (Lipinski definition) is 2. The van der Waals surface area contributed by atoms with Crippen LogP contribution in [0.2, 0.25) is 5.02 Å². The van der Waals surface area contributed by atoms with Crippen molar-refractivity contribution in [3.8, 4) is 6.07 Å². The molecule has 2 heterocycles. The van der Waals surface area contributed by atoms with Crippen molar-refractivity contribution in [2.75, 3.05) is 5.32 Å². The molecule has 0 fully saturated rings. The number of carbonyl (C=O) groups excluding carboxylic acids is 1. The number of pyridine rings is 1. The minimum atomic E-state index is -0.442. The highest BCUT2D eigenvalue weighted by Gasteiger charge is 2.11. The number of carbonyl (C=O) groups is 1. The third-order valence-electron chi connectivity index (χ3n) is 1.96. The lowest BCUT2D eigenvalue weighted by molar-refractivity contribution is 0.102. The molecule has 0 aliphatic heterocycles. The number of amides is 1. The highest BCUT2D eigenvalue weighted by molar-refractivity contribution is 6.30. The molecule has 2 aromatic heterocycles. The largest absolute Gasteiger partial charge is 0.304 e. The van der Waals surface area contributed by atoms with E-state index in [0.717, 1.165) is 0 Å². The molecule has 2 rings (SSSR count). The molecular weight excluding hydrogens is 242 g/mol. The van der Waals surface area contributed by atoms with Gasteiger partial charge in [-0.2, -0.15) is 10.4 Å². The standard InChI is InChI=1S/C10H6ClN5O/c11-7-1-2-8(13-5-7)10(17)15-9-6(3-12)4-14-16-9/h1-2,4-5H,(H2,14,15,16,17). The van der Waals surface area contributed by atoms with E-state index in [1.165, 1.54) is 18.5 Å². The quantitative estimate of drug-likeness (QED) is 0.842. The van der Waals surface area contributed by atoms with Crippen LogP contribution in [0.5, 0.6) is 0 Å². The predicted molar refractivity (Wildman–Crippen MR) is 60.5 cm³/mol. The van der Waals surface area contributed by atoms with E-state index in [1.807, 2.05) is 6.07 Å². The summed E-state index contributed by atoms with van der Waals surface area (Å²) < 4.78 is 0. The molecule has 2 aromatic rings. The number of nitrogens with one attached hydrogen (secondary N) is 2. The van der Waals surface area contributed by atoms with Crippen LogP contribution in [-0.4, -0.2) is 21.1 Å². The Morgan fingerprint density at radius 3 is 2.94 bits per heavy atom. The van der Waals surface area contributed by atoms with Gasteiger partial charge >= 0.3 is 0 Å². The van der Waals surface area contributed by atoms with Gasteiger partial charge in [0, 0.05) is 6.20 Å². The summed E-state index contributed by atoms with van der Waals surface area (Å²) in [5.74, 6) is -0.198. The first-order valence-electron chi connectivity index (χ1n) is 4.57. The monoisotopic (exact) mass is 247 g/mol. The van der Waals surface area contributed by atoms with Crippen LogP contribution in [-0.2, 0) is 0 Å². The van der Waals surface area contributed by atoms with Crippen LogP contribution in [0.4, 0.5) is 5.82 Å². The van der Waals surface area contributed by atoms with E-state index in [9.17, 15) is 4.79 Å². The molecule has 0 aliphatic carbocycles. The Balaban J connectivity index is 2.18. The summed E-state index contributed by atoms with van der Waals surface area (Å²) >= 11 is 5.65. The molecule has 0 aliphatic rings. The first kappa shape index (κ1) is 11.1. The van der Waals surface area contributed by atoms with Crippen LogP contribution < -0.4 is 5.32 Å². The van der Waals surface area contributed by atoms with Gasteiger partial charge in [0.25, 0.3) is 5.91 Å². The molecule has 2 N–H and O–H groups in total. The molecule has 0 spiro atoms. The molecule has 84 valence electrons. The van der Waals surface area contributed by atoms with Crippen molar-refractivity contribution in [2.45, 2.75) is 0 Å². The van der Waals surface area contributed by atoms with E-state index < -0.39 is 5.91 Å². The Kier molecular flexibility index (Phi) is 3.03. The van der Waals surface area contributed by atoms with Gasteiger partial charge in [-0.15, -0.1) is 0 Å². The van der Waals surface area contributed by atoms with Gasteiger partial charge in [0.1, 0.15) is 23.1 Å². The highest BCUT2D eigenvalue weighted by atomic mass is 35.5. The Morgan fingerprint density at radius 2 is 2.29 bits per heavy atom. The van der Waals surface area contributed by atoms with Crippen molar-refractivity contribution in [3.05, 3.63) is 40.8 Å². The number of hydrogen-bond acceptors (Lipinski definition) is 4. The molecular formula is C10H6ClN5O. The van der Waals surface area contributed by atoms with Gasteiger partial charge in [0.2, 0.25) is 0 Å². The zero-order valence-electron chi connectivity index (χ0n) is 8.44. The maximum atomic E-state index is 11.7. The molecule has 0 saturated heterocycles. The summed E-state index contributed by atoms with van der Waals surface area (Å²) in [4.78, 5) is 15.6. The topological polar surface area (TPSA) is 94.5 Å². The normalized spacial score (nSPS) is 9.65. The molecule has 0 atom stereocenters. The Bertz CT molecular complexity index is 583. The molecule has 7 heteroatoms. The molecule has 0 radical (unpaired) electrons. The zero-order valence-corrected chi connectivity index (χ0v) is 9.19. The minimum Gasteiger partial charge on any atom is -0.304 e. The summed E-state index contributed by atoms with van der Waals surface area (Å²) in [7, 11) is 0. The van der Waals surface area contributed by atoms with Crippen LogP contribution in [0.25, 0.3) is 0 Å². The second kappa shape index (κ2) is 4.63. The number of nitriles is 1. The van der Waals surface area contributed by atoms with Gasteiger partial charge in [-0.1, -0.05) is 11.6 Å². The van der Waals surface area contributed by atoms with Gasteiger partial charge in [-0.3, -0.25) is 9.89 Å². The Hall–Kier alpha value is -2.39. The fourth-order valence-corrected chi connectivity index (χ4v) is 1.27. The third-order valence-corrected chi connectivity index (χ3v) is 2.18. The van der Waals surface area contributed by atoms with Crippen LogP contribution in [0.3, 0.4) is 0 Å². The Labute approximate surface area is 101 Å². The van der Waals surface area contributed by atoms with Gasteiger partial charge in [0.05, 0.1) is 11.2 Å². The fourth-order valence-electron chi connectivity index (χ4n) is 1.15. The summed E-state index contributed by atoms with van der Waals surface area (Å²) in [6.45, 7) is 0. The maximum absolute atomic E-state index is 11.7. The van der Waals surface area contributed by atoms with Gasteiger partial charge in [-0.05, 0) is 12.1 Å².